The summed E-state index contributed by atoms with van der Waals surface area (Å²) in [6.45, 7) is 7.12. The quantitative estimate of drug-likeness (QED) is 0.756. The number of amides is 1. The lowest BCUT2D eigenvalue weighted by molar-refractivity contribution is -0.139. The first-order valence-corrected chi connectivity index (χ1v) is 7.23. The topological polar surface area (TPSA) is 49.6 Å². The average Bonchev–Trinajstić information content (AvgIpc) is 2.35. The summed E-state index contributed by atoms with van der Waals surface area (Å²) in [6, 6.07) is 0.677. The highest BCUT2D eigenvalue weighted by atomic mass is 16.2. The van der Waals surface area contributed by atoms with Gasteiger partial charge < -0.3 is 15.5 Å². The third-order valence-corrected chi connectivity index (χ3v) is 4.88. The molecule has 4 nitrogen and oxygen atoms in total. The number of hydrogen-bond acceptors (Lipinski definition) is 3. The zero-order valence-corrected chi connectivity index (χ0v) is 11.9. The van der Waals surface area contributed by atoms with Crippen LogP contribution in [0.3, 0.4) is 0 Å². The Morgan fingerprint density at radius 3 is 2.56 bits per heavy atom. The van der Waals surface area contributed by atoms with Gasteiger partial charge in [-0.1, -0.05) is 6.92 Å². The summed E-state index contributed by atoms with van der Waals surface area (Å²) in [5, 5.41) is 0. The molecule has 1 saturated carbocycles. The molecule has 2 fully saturated rings. The zero-order valence-electron chi connectivity index (χ0n) is 11.9. The maximum Gasteiger partial charge on any atom is 0.225 e. The van der Waals surface area contributed by atoms with E-state index >= 15 is 0 Å². The molecular formula is C14H27N3O. The maximum absolute atomic E-state index is 12.5. The highest BCUT2D eigenvalue weighted by Crippen LogP contribution is 2.29. The highest BCUT2D eigenvalue weighted by Gasteiger charge is 2.34. The Kier molecular flexibility index (Phi) is 4.28. The van der Waals surface area contributed by atoms with Crippen LogP contribution in [0, 0.1) is 11.8 Å². The zero-order chi connectivity index (χ0) is 13.3. The molecule has 4 atom stereocenters. The molecule has 0 spiro atoms. The monoisotopic (exact) mass is 253 g/mol. The minimum Gasteiger partial charge on any atom is -0.340 e. The van der Waals surface area contributed by atoms with Crippen molar-refractivity contribution >= 4 is 5.91 Å². The van der Waals surface area contributed by atoms with E-state index in [4.69, 9.17) is 5.73 Å². The van der Waals surface area contributed by atoms with Gasteiger partial charge in [0.25, 0.3) is 0 Å². The molecule has 0 aromatic rings. The number of carbonyl (C=O) groups excluding carboxylic acids is 1. The van der Waals surface area contributed by atoms with Crippen LogP contribution in [0.25, 0.3) is 0 Å². The van der Waals surface area contributed by atoms with Crippen LogP contribution in [-0.2, 0) is 4.79 Å². The number of nitrogens with zero attached hydrogens (tertiary/aromatic N) is 2. The molecule has 1 amide bonds. The lowest BCUT2D eigenvalue weighted by atomic mass is 9.79. The molecule has 0 aromatic heterocycles. The molecule has 18 heavy (non-hydrogen) atoms. The summed E-state index contributed by atoms with van der Waals surface area (Å²) < 4.78 is 0. The molecule has 0 radical (unpaired) electrons. The smallest absolute Gasteiger partial charge is 0.225 e. The van der Waals surface area contributed by atoms with Crippen molar-refractivity contribution in [1.82, 2.24) is 9.80 Å². The maximum atomic E-state index is 12.5. The summed E-state index contributed by atoms with van der Waals surface area (Å²) >= 11 is 0. The van der Waals surface area contributed by atoms with E-state index in [-0.39, 0.29) is 12.0 Å². The Hall–Kier alpha value is -0.610. The third-order valence-electron chi connectivity index (χ3n) is 4.88. The summed E-state index contributed by atoms with van der Waals surface area (Å²) in [5.41, 5.74) is 6.11. The number of carbonyl (C=O) groups is 1. The second-order valence-electron chi connectivity index (χ2n) is 6.26. The van der Waals surface area contributed by atoms with Gasteiger partial charge in [-0.2, -0.15) is 0 Å². The summed E-state index contributed by atoms with van der Waals surface area (Å²) in [7, 11) is 2.13. The summed E-state index contributed by atoms with van der Waals surface area (Å²) in [6.07, 6.45) is 3.00. The van der Waals surface area contributed by atoms with E-state index in [0.717, 1.165) is 38.9 Å². The number of hydrogen-bond donors (Lipinski definition) is 1. The van der Waals surface area contributed by atoms with Crippen LogP contribution in [0.5, 0.6) is 0 Å². The van der Waals surface area contributed by atoms with Crippen molar-refractivity contribution in [2.75, 3.05) is 26.7 Å². The lowest BCUT2D eigenvalue weighted by Crippen LogP contribution is -2.54. The molecule has 104 valence electrons. The molecular weight excluding hydrogens is 226 g/mol. The van der Waals surface area contributed by atoms with E-state index in [1.807, 2.05) is 0 Å². The van der Waals surface area contributed by atoms with Gasteiger partial charge in [0.2, 0.25) is 5.91 Å². The standard InChI is InChI=1S/C14H27N3O/c1-10-4-5-12(8-13(10)15)14(18)17-7-6-16(3)11(2)9-17/h10-13H,4-9,15H2,1-3H3. The first kappa shape index (κ1) is 13.8. The summed E-state index contributed by atoms with van der Waals surface area (Å²) in [4.78, 5) is 16.9. The van der Waals surface area contributed by atoms with Crippen LogP contribution >= 0.6 is 0 Å². The Morgan fingerprint density at radius 1 is 1.22 bits per heavy atom. The van der Waals surface area contributed by atoms with Crippen LogP contribution in [0.4, 0.5) is 0 Å². The van der Waals surface area contributed by atoms with Crippen molar-refractivity contribution in [3.8, 4) is 0 Å². The van der Waals surface area contributed by atoms with Gasteiger partial charge in [0.15, 0.2) is 0 Å². The van der Waals surface area contributed by atoms with E-state index in [2.05, 4.69) is 30.7 Å². The van der Waals surface area contributed by atoms with Gasteiger partial charge in [0.05, 0.1) is 0 Å². The van der Waals surface area contributed by atoms with Crippen molar-refractivity contribution in [1.29, 1.82) is 0 Å². The predicted octanol–water partition coefficient (Wildman–Crippen LogP) is 0.912. The van der Waals surface area contributed by atoms with Gasteiger partial charge in [-0.25, -0.2) is 0 Å². The highest BCUT2D eigenvalue weighted by molar-refractivity contribution is 5.79. The molecule has 4 heteroatoms. The number of rotatable bonds is 1. The fourth-order valence-electron chi connectivity index (χ4n) is 3.09. The average molecular weight is 253 g/mol. The van der Waals surface area contributed by atoms with Gasteiger partial charge in [0.1, 0.15) is 0 Å². The SMILES string of the molecule is CC1CCC(C(=O)N2CCN(C)C(C)C2)CC1N. The van der Waals surface area contributed by atoms with Gasteiger partial charge in [-0.3, -0.25) is 4.79 Å². The normalized spacial score (nSPS) is 38.8. The Morgan fingerprint density at radius 2 is 1.94 bits per heavy atom. The molecule has 2 aliphatic rings. The number of piperazine rings is 1. The van der Waals surface area contributed by atoms with Crippen LogP contribution in [0.2, 0.25) is 0 Å². The van der Waals surface area contributed by atoms with E-state index in [0.29, 0.717) is 17.9 Å². The predicted molar refractivity (Wildman–Crippen MR) is 73.2 cm³/mol. The molecule has 1 heterocycles. The second-order valence-corrected chi connectivity index (χ2v) is 6.26. The largest absolute Gasteiger partial charge is 0.340 e. The van der Waals surface area contributed by atoms with E-state index in [9.17, 15) is 4.79 Å². The minimum absolute atomic E-state index is 0.173. The fourth-order valence-corrected chi connectivity index (χ4v) is 3.09. The first-order chi connectivity index (χ1) is 8.49. The Bertz CT molecular complexity index is 279. The van der Waals surface area contributed by atoms with Gasteiger partial charge in [-0.15, -0.1) is 0 Å². The van der Waals surface area contributed by atoms with Crippen molar-refractivity contribution in [3.63, 3.8) is 0 Å². The fraction of sp³-hybridized carbons (Fsp3) is 0.929. The van der Waals surface area contributed by atoms with E-state index in [1.54, 1.807) is 0 Å². The van der Waals surface area contributed by atoms with Crippen molar-refractivity contribution < 1.29 is 4.79 Å². The molecule has 2 rings (SSSR count). The van der Waals surface area contributed by atoms with Gasteiger partial charge in [-0.05, 0) is 39.2 Å². The molecule has 0 aromatic carbocycles. The van der Waals surface area contributed by atoms with Crippen molar-refractivity contribution in [2.24, 2.45) is 17.6 Å². The van der Waals surface area contributed by atoms with Crippen molar-refractivity contribution in [2.45, 2.75) is 45.2 Å². The van der Waals surface area contributed by atoms with Crippen LogP contribution in [0.15, 0.2) is 0 Å². The second kappa shape index (κ2) is 5.57. The van der Waals surface area contributed by atoms with Crippen LogP contribution in [0.1, 0.15) is 33.1 Å². The van der Waals surface area contributed by atoms with Crippen LogP contribution in [-0.4, -0.2) is 54.5 Å². The molecule has 2 N–H and O–H groups in total. The van der Waals surface area contributed by atoms with E-state index < -0.39 is 0 Å². The number of nitrogens with two attached hydrogens (primary N) is 1. The molecule has 4 unspecified atom stereocenters. The van der Waals surface area contributed by atoms with E-state index in [1.165, 1.54) is 0 Å². The molecule has 1 aliphatic heterocycles. The molecule has 1 saturated heterocycles. The van der Waals surface area contributed by atoms with Crippen LogP contribution < -0.4 is 5.73 Å². The van der Waals surface area contributed by atoms with Gasteiger partial charge >= 0.3 is 0 Å². The minimum atomic E-state index is 0.173. The first-order valence-electron chi connectivity index (χ1n) is 7.23. The Labute approximate surface area is 110 Å². The summed E-state index contributed by atoms with van der Waals surface area (Å²) in [5.74, 6) is 1.09. The Balaban J connectivity index is 1.91. The van der Waals surface area contributed by atoms with Gasteiger partial charge in [0, 0.05) is 37.6 Å². The molecule has 0 bridgehead atoms. The van der Waals surface area contributed by atoms with Crippen molar-refractivity contribution in [3.05, 3.63) is 0 Å². The lowest BCUT2D eigenvalue weighted by Gasteiger charge is -2.40. The number of likely N-dealkylation sites (N-methyl/N-ethyl adjacent to an activating group) is 1. The molecule has 1 aliphatic carbocycles. The third kappa shape index (κ3) is 2.86.